The fourth-order valence-corrected chi connectivity index (χ4v) is 2.20. The molecule has 3 heteroatoms. The summed E-state index contributed by atoms with van der Waals surface area (Å²) in [5.41, 5.74) is 0. The van der Waals surface area contributed by atoms with Gasteiger partial charge in [0, 0.05) is 0 Å². The summed E-state index contributed by atoms with van der Waals surface area (Å²) in [6.45, 7) is 2.16. The van der Waals surface area contributed by atoms with Crippen LogP contribution in [0.1, 0.15) is 6.92 Å². The van der Waals surface area contributed by atoms with Crippen molar-refractivity contribution in [3.05, 3.63) is 18.2 Å². The molecule has 0 atom stereocenters. The van der Waals surface area contributed by atoms with Crippen LogP contribution in [-0.2, 0) is 0 Å². The van der Waals surface area contributed by atoms with Crippen LogP contribution in [0.4, 0.5) is 0 Å². The van der Waals surface area contributed by atoms with E-state index in [1.165, 1.54) is 5.19 Å². The molecule has 0 spiro atoms. The Hall–Kier alpha value is -0.963. The highest BCUT2D eigenvalue weighted by Crippen LogP contribution is 2.23. The van der Waals surface area contributed by atoms with Gasteiger partial charge in [-0.3, -0.25) is 0 Å². The van der Waals surface area contributed by atoms with Gasteiger partial charge in [0.05, 0.1) is 23.7 Å². The lowest BCUT2D eigenvalue weighted by Gasteiger charge is -2.11. The lowest BCUT2D eigenvalue weighted by molar-refractivity contribution is 0.357. The topological polar surface area (TPSA) is 18.5 Å². The lowest BCUT2D eigenvalue weighted by atomic mass is 10.3. The van der Waals surface area contributed by atoms with E-state index in [1.807, 2.05) is 12.1 Å². The molecule has 0 saturated carbocycles. The number of ether oxygens (including phenoxy) is 2. The Kier molecular flexibility index (Phi) is 3.83. The van der Waals surface area contributed by atoms with Gasteiger partial charge in [-0.25, -0.2) is 0 Å². The van der Waals surface area contributed by atoms with Gasteiger partial charge in [0.25, 0.3) is 0 Å². The summed E-state index contributed by atoms with van der Waals surface area (Å²) in [7, 11) is 4.13. The zero-order chi connectivity index (χ0) is 9.68. The Labute approximate surface area is 81.7 Å². The van der Waals surface area contributed by atoms with Gasteiger partial charge < -0.3 is 9.47 Å². The minimum Gasteiger partial charge on any atom is -0.493 e. The first-order chi connectivity index (χ1) is 6.33. The van der Waals surface area contributed by atoms with Gasteiger partial charge in [-0.15, -0.1) is 0 Å². The summed E-state index contributed by atoms with van der Waals surface area (Å²) in [5.74, 6) is 1.70. The lowest BCUT2D eigenvalue weighted by Crippen LogP contribution is -2.16. The first kappa shape index (κ1) is 10.1. The molecule has 0 aromatic heterocycles. The standard InChI is InChI=1S/C10H14O2Si/c1-4-13-9-7-5-6-8(11-2)10(9)12-3/h5-7H,4H2,1-3H3. The van der Waals surface area contributed by atoms with E-state index in [9.17, 15) is 0 Å². The van der Waals surface area contributed by atoms with E-state index < -0.39 is 0 Å². The Morgan fingerprint density at radius 2 is 2.00 bits per heavy atom. The van der Waals surface area contributed by atoms with Gasteiger partial charge in [0.1, 0.15) is 0 Å². The van der Waals surface area contributed by atoms with Crippen LogP contribution in [0.25, 0.3) is 0 Å². The second-order valence-corrected chi connectivity index (χ2v) is 4.17. The third kappa shape index (κ3) is 2.25. The maximum absolute atomic E-state index is 5.30. The number of methoxy groups -OCH3 is 2. The summed E-state index contributed by atoms with van der Waals surface area (Å²) in [6, 6.07) is 7.15. The monoisotopic (exact) mass is 194 g/mol. The van der Waals surface area contributed by atoms with Crippen LogP contribution in [-0.4, -0.2) is 23.7 Å². The molecule has 2 radical (unpaired) electrons. The molecule has 70 valence electrons. The molecule has 0 heterocycles. The van der Waals surface area contributed by atoms with Crippen LogP contribution in [0.5, 0.6) is 11.5 Å². The third-order valence-electron chi connectivity index (χ3n) is 1.77. The maximum Gasteiger partial charge on any atom is 0.160 e. The average Bonchev–Trinajstić information content (AvgIpc) is 2.18. The van der Waals surface area contributed by atoms with Gasteiger partial charge in [0.2, 0.25) is 0 Å². The predicted octanol–water partition coefficient (Wildman–Crippen LogP) is 1.47. The number of rotatable bonds is 4. The highest BCUT2D eigenvalue weighted by molar-refractivity contribution is 6.54. The molecule has 13 heavy (non-hydrogen) atoms. The predicted molar refractivity (Wildman–Crippen MR) is 55.4 cm³/mol. The molecule has 0 bridgehead atoms. The van der Waals surface area contributed by atoms with E-state index in [4.69, 9.17) is 9.47 Å². The van der Waals surface area contributed by atoms with Crippen molar-refractivity contribution in [3.63, 3.8) is 0 Å². The summed E-state index contributed by atoms with van der Waals surface area (Å²) in [5, 5.41) is 1.24. The number of hydrogen-bond acceptors (Lipinski definition) is 2. The van der Waals surface area contributed by atoms with Crippen LogP contribution in [0, 0.1) is 0 Å². The van der Waals surface area contributed by atoms with Crippen molar-refractivity contribution in [1.29, 1.82) is 0 Å². The quantitative estimate of drug-likeness (QED) is 0.676. The highest BCUT2D eigenvalue weighted by atomic mass is 28.2. The zero-order valence-corrected chi connectivity index (χ0v) is 9.26. The van der Waals surface area contributed by atoms with Crippen LogP contribution in [0.2, 0.25) is 6.04 Å². The van der Waals surface area contributed by atoms with Gasteiger partial charge in [-0.1, -0.05) is 25.1 Å². The van der Waals surface area contributed by atoms with E-state index >= 15 is 0 Å². The molecule has 0 aliphatic rings. The number of benzene rings is 1. The molecular formula is C10H14O2Si. The van der Waals surface area contributed by atoms with E-state index in [-0.39, 0.29) is 0 Å². The SMILES string of the molecule is CC[Si]c1cccc(OC)c1OC. The summed E-state index contributed by atoms with van der Waals surface area (Å²) in [4.78, 5) is 0. The first-order valence-electron chi connectivity index (χ1n) is 4.28. The van der Waals surface area contributed by atoms with Crippen molar-refractivity contribution >= 4 is 14.7 Å². The van der Waals surface area contributed by atoms with Crippen molar-refractivity contribution < 1.29 is 9.47 Å². The largest absolute Gasteiger partial charge is 0.493 e. The normalized spacial score (nSPS) is 9.77. The molecule has 0 N–H and O–H groups in total. The summed E-state index contributed by atoms with van der Waals surface area (Å²) < 4.78 is 10.5. The Bertz CT molecular complexity index is 274. The second kappa shape index (κ2) is 4.92. The Morgan fingerprint density at radius 1 is 1.23 bits per heavy atom. The first-order valence-corrected chi connectivity index (χ1v) is 5.49. The van der Waals surface area contributed by atoms with Crippen molar-refractivity contribution in [2.75, 3.05) is 14.2 Å². The van der Waals surface area contributed by atoms with Crippen molar-refractivity contribution in [1.82, 2.24) is 0 Å². The fraction of sp³-hybridized carbons (Fsp3) is 0.400. The van der Waals surface area contributed by atoms with Gasteiger partial charge in [-0.05, 0) is 11.3 Å². The average molecular weight is 194 g/mol. The number of para-hydroxylation sites is 1. The summed E-state index contributed by atoms with van der Waals surface area (Å²) >= 11 is 0. The summed E-state index contributed by atoms with van der Waals surface area (Å²) in [6.07, 6.45) is 0. The molecule has 2 nitrogen and oxygen atoms in total. The van der Waals surface area contributed by atoms with Crippen molar-refractivity contribution in [2.24, 2.45) is 0 Å². The van der Waals surface area contributed by atoms with Crippen LogP contribution in [0.15, 0.2) is 18.2 Å². The maximum atomic E-state index is 5.30. The fourth-order valence-electron chi connectivity index (χ4n) is 1.22. The molecule has 0 amide bonds. The van der Waals surface area contributed by atoms with Crippen LogP contribution >= 0.6 is 0 Å². The van der Waals surface area contributed by atoms with E-state index in [2.05, 4.69) is 13.0 Å². The smallest absolute Gasteiger partial charge is 0.160 e. The van der Waals surface area contributed by atoms with E-state index in [1.54, 1.807) is 14.2 Å². The molecule has 0 aliphatic heterocycles. The van der Waals surface area contributed by atoms with Gasteiger partial charge in [0.15, 0.2) is 11.5 Å². The van der Waals surface area contributed by atoms with Crippen molar-refractivity contribution in [2.45, 2.75) is 13.0 Å². The Balaban J connectivity index is 3.03. The highest BCUT2D eigenvalue weighted by Gasteiger charge is 2.07. The molecule has 0 unspecified atom stereocenters. The molecule has 1 aromatic rings. The third-order valence-corrected chi connectivity index (χ3v) is 2.90. The molecule has 1 aromatic carbocycles. The van der Waals surface area contributed by atoms with Crippen molar-refractivity contribution in [3.8, 4) is 11.5 Å². The van der Waals surface area contributed by atoms with Crippen LogP contribution in [0.3, 0.4) is 0 Å². The molecule has 0 saturated heterocycles. The second-order valence-electron chi connectivity index (χ2n) is 2.57. The minimum absolute atomic E-state index is 0.787. The van der Waals surface area contributed by atoms with Crippen LogP contribution < -0.4 is 14.7 Å². The number of hydrogen-bond donors (Lipinski definition) is 0. The van der Waals surface area contributed by atoms with E-state index in [0.29, 0.717) is 0 Å². The van der Waals surface area contributed by atoms with Gasteiger partial charge in [-0.2, -0.15) is 0 Å². The Morgan fingerprint density at radius 3 is 2.54 bits per heavy atom. The molecular weight excluding hydrogens is 180 g/mol. The molecule has 0 fully saturated rings. The van der Waals surface area contributed by atoms with Gasteiger partial charge >= 0.3 is 0 Å². The van der Waals surface area contributed by atoms with E-state index in [0.717, 1.165) is 27.1 Å². The zero-order valence-electron chi connectivity index (χ0n) is 8.26. The molecule has 1 rings (SSSR count). The minimum atomic E-state index is 0.787. The molecule has 0 aliphatic carbocycles.